The normalized spacial score (nSPS) is 10.3. The van der Waals surface area contributed by atoms with Gasteiger partial charge in [0.1, 0.15) is 0 Å². The molecule has 0 aromatic carbocycles. The maximum Gasteiger partial charge on any atom is 0.257 e. The molecule has 2 heterocycles. The maximum atomic E-state index is 12.2. The predicted molar refractivity (Wildman–Crippen MR) is 72.1 cm³/mol. The molecule has 0 aliphatic heterocycles. The van der Waals surface area contributed by atoms with Crippen molar-refractivity contribution in [2.45, 2.75) is 6.54 Å². The Balaban J connectivity index is 2.17. The number of amides is 1. The van der Waals surface area contributed by atoms with Crippen molar-refractivity contribution in [1.82, 2.24) is 20.1 Å². The molecular formula is C12H10Cl2N4O. The standard InChI is InChI=1S/C12H10Cl2N4O/c1-18(7-8-2-4-15-5-3-8)12(19)9-6-10(13)16-17-11(9)14/h2-6H,7H2,1H3. The number of nitrogens with zero attached hydrogens (tertiary/aromatic N) is 4. The molecule has 0 saturated heterocycles. The van der Waals surface area contributed by atoms with E-state index in [-0.39, 0.29) is 21.8 Å². The quantitative estimate of drug-likeness (QED) is 0.873. The Morgan fingerprint density at radius 1 is 1.26 bits per heavy atom. The number of carbonyl (C=O) groups is 1. The summed E-state index contributed by atoms with van der Waals surface area (Å²) in [4.78, 5) is 17.7. The zero-order valence-corrected chi connectivity index (χ0v) is 11.6. The fourth-order valence-electron chi connectivity index (χ4n) is 1.54. The first-order valence-electron chi connectivity index (χ1n) is 5.41. The van der Waals surface area contributed by atoms with Crippen LogP contribution < -0.4 is 0 Å². The summed E-state index contributed by atoms with van der Waals surface area (Å²) in [6.45, 7) is 0.442. The molecule has 0 atom stereocenters. The number of carbonyl (C=O) groups excluding carboxylic acids is 1. The first-order valence-corrected chi connectivity index (χ1v) is 6.16. The van der Waals surface area contributed by atoms with Crippen LogP contribution in [0.15, 0.2) is 30.6 Å². The maximum absolute atomic E-state index is 12.2. The molecule has 0 aliphatic carbocycles. The van der Waals surface area contributed by atoms with Crippen molar-refractivity contribution in [3.8, 4) is 0 Å². The summed E-state index contributed by atoms with van der Waals surface area (Å²) < 4.78 is 0. The number of hydrogen-bond acceptors (Lipinski definition) is 4. The van der Waals surface area contributed by atoms with Crippen molar-refractivity contribution >= 4 is 29.1 Å². The summed E-state index contributed by atoms with van der Waals surface area (Å²) >= 11 is 11.6. The van der Waals surface area contributed by atoms with E-state index in [9.17, 15) is 4.79 Å². The highest BCUT2D eigenvalue weighted by atomic mass is 35.5. The third kappa shape index (κ3) is 3.39. The minimum absolute atomic E-state index is 0.0379. The minimum Gasteiger partial charge on any atom is -0.337 e. The molecule has 0 fully saturated rings. The zero-order valence-electron chi connectivity index (χ0n) is 10.0. The van der Waals surface area contributed by atoms with Crippen molar-refractivity contribution in [2.24, 2.45) is 0 Å². The highest BCUT2D eigenvalue weighted by molar-refractivity contribution is 6.34. The molecule has 0 N–H and O–H groups in total. The van der Waals surface area contributed by atoms with Gasteiger partial charge in [0.05, 0.1) is 5.56 Å². The Morgan fingerprint density at radius 2 is 1.95 bits per heavy atom. The number of aromatic nitrogens is 3. The van der Waals surface area contributed by atoms with Gasteiger partial charge in [0, 0.05) is 26.0 Å². The van der Waals surface area contributed by atoms with Crippen LogP contribution in [-0.2, 0) is 6.54 Å². The second kappa shape index (κ2) is 5.95. The van der Waals surface area contributed by atoms with Gasteiger partial charge in [-0.25, -0.2) is 0 Å². The summed E-state index contributed by atoms with van der Waals surface area (Å²) in [7, 11) is 1.67. The SMILES string of the molecule is CN(Cc1ccncc1)C(=O)c1cc(Cl)nnc1Cl. The topological polar surface area (TPSA) is 59.0 Å². The minimum atomic E-state index is -0.265. The van der Waals surface area contributed by atoms with E-state index in [2.05, 4.69) is 15.2 Å². The van der Waals surface area contributed by atoms with Gasteiger partial charge in [-0.2, -0.15) is 0 Å². The van der Waals surface area contributed by atoms with Gasteiger partial charge < -0.3 is 4.90 Å². The highest BCUT2D eigenvalue weighted by Gasteiger charge is 2.17. The van der Waals surface area contributed by atoms with Crippen LogP contribution in [0.25, 0.3) is 0 Å². The summed E-state index contributed by atoms with van der Waals surface area (Å²) in [5.74, 6) is -0.265. The lowest BCUT2D eigenvalue weighted by Gasteiger charge is -2.17. The monoisotopic (exact) mass is 296 g/mol. The van der Waals surface area contributed by atoms with E-state index >= 15 is 0 Å². The van der Waals surface area contributed by atoms with Crippen LogP contribution in [0.5, 0.6) is 0 Å². The summed E-state index contributed by atoms with van der Waals surface area (Å²) in [6, 6.07) is 5.08. The molecule has 0 radical (unpaired) electrons. The van der Waals surface area contributed by atoms with Gasteiger partial charge >= 0.3 is 0 Å². The van der Waals surface area contributed by atoms with E-state index in [1.165, 1.54) is 11.0 Å². The second-order valence-electron chi connectivity index (χ2n) is 3.89. The average Bonchev–Trinajstić information content (AvgIpc) is 2.42. The number of halogens is 2. The van der Waals surface area contributed by atoms with Crippen molar-refractivity contribution in [1.29, 1.82) is 0 Å². The smallest absolute Gasteiger partial charge is 0.257 e. The second-order valence-corrected chi connectivity index (χ2v) is 4.63. The van der Waals surface area contributed by atoms with Crippen LogP contribution in [0, 0.1) is 0 Å². The Bertz CT molecular complexity index is 592. The Kier molecular flexibility index (Phi) is 4.29. The van der Waals surface area contributed by atoms with E-state index < -0.39 is 0 Å². The fraction of sp³-hybridized carbons (Fsp3) is 0.167. The van der Waals surface area contributed by atoms with Crippen molar-refractivity contribution in [2.75, 3.05) is 7.05 Å². The van der Waals surface area contributed by atoms with Crippen LogP contribution in [-0.4, -0.2) is 33.0 Å². The molecule has 0 aliphatic rings. The van der Waals surface area contributed by atoms with Gasteiger partial charge in [0.2, 0.25) is 0 Å². The van der Waals surface area contributed by atoms with Crippen LogP contribution in [0.3, 0.4) is 0 Å². The molecule has 0 bridgehead atoms. The van der Waals surface area contributed by atoms with E-state index in [0.29, 0.717) is 6.54 Å². The molecular weight excluding hydrogens is 287 g/mol. The molecule has 7 heteroatoms. The fourth-order valence-corrected chi connectivity index (χ4v) is 1.86. The van der Waals surface area contributed by atoms with E-state index in [4.69, 9.17) is 23.2 Å². The van der Waals surface area contributed by atoms with E-state index in [1.54, 1.807) is 19.4 Å². The zero-order chi connectivity index (χ0) is 13.8. The molecule has 19 heavy (non-hydrogen) atoms. The molecule has 0 saturated carbocycles. The van der Waals surface area contributed by atoms with Crippen molar-refractivity contribution in [3.05, 3.63) is 52.0 Å². The summed E-state index contributed by atoms with van der Waals surface area (Å²) in [6.07, 6.45) is 3.34. The molecule has 2 aromatic rings. The number of hydrogen-bond donors (Lipinski definition) is 0. The molecule has 5 nitrogen and oxygen atoms in total. The van der Waals surface area contributed by atoms with Crippen LogP contribution in [0.4, 0.5) is 0 Å². The largest absolute Gasteiger partial charge is 0.337 e. The molecule has 98 valence electrons. The Labute approximate surface area is 120 Å². The van der Waals surface area contributed by atoms with Crippen molar-refractivity contribution < 1.29 is 4.79 Å². The van der Waals surface area contributed by atoms with Gasteiger partial charge in [0.25, 0.3) is 5.91 Å². The molecule has 1 amide bonds. The van der Waals surface area contributed by atoms with E-state index in [1.807, 2.05) is 12.1 Å². The van der Waals surface area contributed by atoms with Gasteiger partial charge in [-0.3, -0.25) is 9.78 Å². The van der Waals surface area contributed by atoms with Crippen LogP contribution >= 0.6 is 23.2 Å². The molecule has 2 aromatic heterocycles. The highest BCUT2D eigenvalue weighted by Crippen LogP contribution is 2.17. The molecule has 2 rings (SSSR count). The summed E-state index contributed by atoms with van der Waals surface area (Å²) in [5, 5.41) is 7.35. The van der Waals surface area contributed by atoms with Gasteiger partial charge in [-0.1, -0.05) is 23.2 Å². The third-order valence-electron chi connectivity index (χ3n) is 2.47. The number of rotatable bonds is 3. The third-order valence-corrected chi connectivity index (χ3v) is 2.93. The van der Waals surface area contributed by atoms with Gasteiger partial charge in [-0.05, 0) is 23.8 Å². The van der Waals surface area contributed by atoms with Gasteiger partial charge in [0.15, 0.2) is 10.3 Å². The van der Waals surface area contributed by atoms with Crippen LogP contribution in [0.1, 0.15) is 15.9 Å². The first-order chi connectivity index (χ1) is 9.08. The molecule has 0 spiro atoms. The predicted octanol–water partition coefficient (Wildman–Crippen LogP) is 2.45. The Hall–Kier alpha value is -1.72. The summed E-state index contributed by atoms with van der Waals surface area (Å²) in [5.41, 5.74) is 1.20. The van der Waals surface area contributed by atoms with Crippen LogP contribution in [0.2, 0.25) is 10.3 Å². The molecule has 0 unspecified atom stereocenters. The van der Waals surface area contributed by atoms with Crippen molar-refractivity contribution in [3.63, 3.8) is 0 Å². The number of pyridine rings is 1. The first kappa shape index (κ1) is 13.7. The van der Waals surface area contributed by atoms with Gasteiger partial charge in [-0.15, -0.1) is 10.2 Å². The lowest BCUT2D eigenvalue weighted by molar-refractivity contribution is 0.0784. The van der Waals surface area contributed by atoms with E-state index in [0.717, 1.165) is 5.56 Å². The Morgan fingerprint density at radius 3 is 2.63 bits per heavy atom. The lowest BCUT2D eigenvalue weighted by Crippen LogP contribution is -2.26. The lowest BCUT2D eigenvalue weighted by atomic mass is 10.2. The average molecular weight is 297 g/mol.